The van der Waals surface area contributed by atoms with E-state index < -0.39 is 19.5 Å². The number of benzene rings is 1. The summed E-state index contributed by atoms with van der Waals surface area (Å²) in [6.45, 7) is 8.61. The van der Waals surface area contributed by atoms with Gasteiger partial charge in [-0.05, 0) is 46.2 Å². The molecule has 0 radical (unpaired) electrons. The van der Waals surface area contributed by atoms with Crippen molar-refractivity contribution >= 4 is 27.8 Å². The normalized spacial score (nSPS) is 51.4. The molecule has 4 aliphatic heterocycles. The van der Waals surface area contributed by atoms with Gasteiger partial charge in [-0.25, -0.2) is 0 Å². The second kappa shape index (κ2) is 4.08. The van der Waals surface area contributed by atoms with Crippen molar-refractivity contribution in [3.05, 3.63) is 24.3 Å². The summed E-state index contributed by atoms with van der Waals surface area (Å²) >= 11 is 0. The van der Waals surface area contributed by atoms with Crippen LogP contribution in [0.3, 0.4) is 0 Å². The molecule has 0 N–H and O–H groups in total. The Morgan fingerprint density at radius 2 is 1.43 bits per heavy atom. The van der Waals surface area contributed by atoms with Crippen molar-refractivity contribution in [2.24, 2.45) is 0 Å². The van der Waals surface area contributed by atoms with E-state index in [1.54, 1.807) is 0 Å². The Bertz CT molecular complexity index is 573. The molecule has 5 rings (SSSR count). The van der Waals surface area contributed by atoms with Crippen molar-refractivity contribution in [3.8, 4) is 0 Å². The van der Waals surface area contributed by atoms with Gasteiger partial charge in [0.2, 0.25) is 0 Å². The second-order valence-electron chi connectivity index (χ2n) is 7.17. The van der Waals surface area contributed by atoms with E-state index in [9.17, 15) is 0 Å². The van der Waals surface area contributed by atoms with Gasteiger partial charge in [0, 0.05) is 12.8 Å². The summed E-state index contributed by atoms with van der Waals surface area (Å²) in [6.07, 6.45) is 1.58. The molecule has 4 saturated heterocycles. The fraction of sp³-hybridized carbons (Fsp3) is 0.625. The molecule has 4 bridgehead atoms. The summed E-state index contributed by atoms with van der Waals surface area (Å²) in [4.78, 5) is 0. The van der Waals surface area contributed by atoms with Crippen LogP contribution in [-0.2, 0) is 14.2 Å². The first-order valence-electron chi connectivity index (χ1n) is 7.43. The highest BCUT2D eigenvalue weighted by atomic mass is 31.1. The first-order chi connectivity index (χ1) is 9.67. The Kier molecular flexibility index (Phi) is 2.82. The van der Waals surface area contributed by atoms with E-state index in [4.69, 9.17) is 14.2 Å². The molecule has 1 aromatic carbocycles. The summed E-state index contributed by atoms with van der Waals surface area (Å²) in [5.74, 6) is -1.05. The van der Waals surface area contributed by atoms with E-state index >= 15 is 0 Å². The first-order valence-corrected chi connectivity index (χ1v) is 9.34. The zero-order valence-corrected chi connectivity index (χ0v) is 15.0. The van der Waals surface area contributed by atoms with Crippen LogP contribution in [0.5, 0.6) is 0 Å². The third-order valence-electron chi connectivity index (χ3n) is 4.73. The predicted octanol–water partition coefficient (Wildman–Crippen LogP) is 3.03. The smallest absolute Gasteiger partial charge is 0.173 e. The highest BCUT2D eigenvalue weighted by molar-refractivity contribution is 7.69. The van der Waals surface area contributed by atoms with E-state index in [1.165, 1.54) is 10.6 Å². The van der Waals surface area contributed by atoms with E-state index in [0.29, 0.717) is 0 Å². The molecule has 3 nitrogen and oxygen atoms in total. The number of ether oxygens (including phenoxy) is 3. The van der Waals surface area contributed by atoms with Crippen molar-refractivity contribution in [1.29, 1.82) is 0 Å². The van der Waals surface area contributed by atoms with Crippen molar-refractivity contribution < 1.29 is 14.2 Å². The highest BCUT2D eigenvalue weighted by Crippen LogP contribution is 2.75. The fourth-order valence-corrected chi connectivity index (χ4v) is 9.43. The SMILES string of the molecule is CC12CC3(C)OC(C)(CC(C)(O1)P3c1ccccc1P)O2. The molecule has 4 fully saturated rings. The Balaban J connectivity index is 1.89. The minimum atomic E-state index is -0.595. The molecule has 5 atom stereocenters. The van der Waals surface area contributed by atoms with Gasteiger partial charge in [-0.1, -0.05) is 24.3 Å². The van der Waals surface area contributed by atoms with Crippen LogP contribution in [-0.4, -0.2) is 22.3 Å². The Morgan fingerprint density at radius 3 is 1.95 bits per heavy atom. The molecular weight excluding hydrogens is 302 g/mol. The van der Waals surface area contributed by atoms with Crippen molar-refractivity contribution in [3.63, 3.8) is 0 Å². The van der Waals surface area contributed by atoms with Crippen LogP contribution in [0, 0.1) is 0 Å². The van der Waals surface area contributed by atoms with Gasteiger partial charge in [-0.2, -0.15) is 0 Å². The van der Waals surface area contributed by atoms with Crippen LogP contribution >= 0.6 is 17.2 Å². The lowest BCUT2D eigenvalue weighted by molar-refractivity contribution is -0.467. The molecule has 21 heavy (non-hydrogen) atoms. The number of hydrogen-bond acceptors (Lipinski definition) is 3. The molecule has 0 amide bonds. The molecule has 4 aliphatic rings. The van der Waals surface area contributed by atoms with Crippen molar-refractivity contribution in [2.75, 3.05) is 0 Å². The van der Waals surface area contributed by atoms with Gasteiger partial charge in [0.05, 0.1) is 10.7 Å². The van der Waals surface area contributed by atoms with Gasteiger partial charge >= 0.3 is 0 Å². The average Bonchev–Trinajstić information content (AvgIpc) is 2.24. The van der Waals surface area contributed by atoms with Crippen molar-refractivity contribution in [1.82, 2.24) is 0 Å². The molecule has 0 saturated carbocycles. The molecule has 0 aromatic heterocycles. The quantitative estimate of drug-likeness (QED) is 0.743. The second-order valence-corrected chi connectivity index (χ2v) is 10.8. The van der Waals surface area contributed by atoms with Gasteiger partial charge in [-0.15, -0.1) is 9.24 Å². The van der Waals surface area contributed by atoms with Gasteiger partial charge in [0.15, 0.2) is 11.6 Å². The first kappa shape index (κ1) is 14.5. The maximum atomic E-state index is 6.47. The number of rotatable bonds is 1. The standard InChI is InChI=1S/C16H22O3P2/c1-13-9-15(3)19-14(2,17-13)10-16(4,18-13)21(15)12-8-6-5-7-11(12)20/h5-8H,9-10,20H2,1-4H3. The van der Waals surface area contributed by atoms with Gasteiger partial charge in [0.25, 0.3) is 0 Å². The number of hydrogen-bond donors (Lipinski definition) is 0. The van der Waals surface area contributed by atoms with Crippen molar-refractivity contribution in [2.45, 2.75) is 62.8 Å². The maximum Gasteiger partial charge on any atom is 0.173 e. The summed E-state index contributed by atoms with van der Waals surface area (Å²) in [5.41, 5.74) is 0. The largest absolute Gasteiger partial charge is 0.339 e. The minimum Gasteiger partial charge on any atom is -0.339 e. The van der Waals surface area contributed by atoms with Gasteiger partial charge in [0.1, 0.15) is 0 Å². The maximum absolute atomic E-state index is 6.47. The topological polar surface area (TPSA) is 27.7 Å². The van der Waals surface area contributed by atoms with Crippen LogP contribution in [0.25, 0.3) is 0 Å². The van der Waals surface area contributed by atoms with E-state index in [-0.39, 0.29) is 10.7 Å². The molecule has 4 heterocycles. The predicted molar refractivity (Wildman–Crippen MR) is 88.4 cm³/mol. The summed E-state index contributed by atoms with van der Waals surface area (Å²) in [7, 11) is 2.27. The lowest BCUT2D eigenvalue weighted by Crippen LogP contribution is -2.72. The van der Waals surface area contributed by atoms with Crippen LogP contribution < -0.4 is 10.6 Å². The Morgan fingerprint density at radius 1 is 0.905 bits per heavy atom. The third kappa shape index (κ3) is 1.98. The fourth-order valence-electron chi connectivity index (χ4n) is 4.79. The summed E-state index contributed by atoms with van der Waals surface area (Å²) in [6, 6.07) is 8.57. The summed E-state index contributed by atoms with van der Waals surface area (Å²) in [5, 5.41) is 2.22. The van der Waals surface area contributed by atoms with E-state index in [1.807, 2.05) is 0 Å². The lowest BCUT2D eigenvalue weighted by Gasteiger charge is -2.69. The highest BCUT2D eigenvalue weighted by Gasteiger charge is 2.71. The van der Waals surface area contributed by atoms with Crippen LogP contribution in [0.1, 0.15) is 40.5 Å². The molecular formula is C16H22O3P2. The minimum absolute atomic E-state index is 0.199. The van der Waals surface area contributed by atoms with E-state index in [0.717, 1.165) is 12.8 Å². The zero-order valence-electron chi connectivity index (χ0n) is 13.0. The monoisotopic (exact) mass is 324 g/mol. The average molecular weight is 324 g/mol. The van der Waals surface area contributed by atoms with Crippen LogP contribution in [0.15, 0.2) is 24.3 Å². The van der Waals surface area contributed by atoms with Gasteiger partial charge in [-0.3, -0.25) is 0 Å². The lowest BCUT2D eigenvalue weighted by atomic mass is 9.98. The van der Waals surface area contributed by atoms with Crippen LogP contribution in [0.2, 0.25) is 0 Å². The Hall–Kier alpha value is -0.0400. The third-order valence-corrected chi connectivity index (χ3v) is 8.75. The zero-order chi connectivity index (χ0) is 15.1. The van der Waals surface area contributed by atoms with E-state index in [2.05, 4.69) is 61.2 Å². The molecule has 114 valence electrons. The van der Waals surface area contributed by atoms with Gasteiger partial charge < -0.3 is 14.2 Å². The molecule has 0 aliphatic carbocycles. The Labute approximate surface area is 129 Å². The molecule has 1 aromatic rings. The summed E-state index contributed by atoms with van der Waals surface area (Å²) < 4.78 is 19.0. The van der Waals surface area contributed by atoms with Crippen LogP contribution in [0.4, 0.5) is 0 Å². The molecule has 0 spiro atoms. The molecule has 5 unspecified atom stereocenters. The molecule has 5 heteroatoms.